The molecule has 0 atom stereocenters. The van der Waals surface area contributed by atoms with Crippen LogP contribution in [0.25, 0.3) is 10.4 Å². The van der Waals surface area contributed by atoms with Gasteiger partial charge in [0.05, 0.1) is 38.0 Å². The molecule has 33 heavy (non-hydrogen) atoms. The van der Waals surface area contributed by atoms with Gasteiger partial charge in [0.15, 0.2) is 5.78 Å². The van der Waals surface area contributed by atoms with Crippen molar-refractivity contribution in [2.45, 2.75) is 13.1 Å². The Hall–Kier alpha value is -3.02. The van der Waals surface area contributed by atoms with Gasteiger partial charge < -0.3 is 10.0 Å². The summed E-state index contributed by atoms with van der Waals surface area (Å²) in [6.07, 6.45) is -4.44. The van der Waals surface area contributed by atoms with Crippen molar-refractivity contribution >= 4 is 40.1 Å². The average Bonchev–Trinajstić information content (AvgIpc) is 3.38. The largest absolute Gasteiger partial charge is 0.506 e. The Kier molecular flexibility index (Phi) is 7.35. The Bertz CT molecular complexity index is 1200. The molecule has 0 fully saturated rings. The van der Waals surface area contributed by atoms with Crippen molar-refractivity contribution in [2.75, 3.05) is 20.6 Å². The number of likely N-dealkylation sites (N-methyl/N-ethyl adjacent to an activating group) is 1. The highest BCUT2D eigenvalue weighted by Crippen LogP contribution is 2.40. The van der Waals surface area contributed by atoms with E-state index in [-0.39, 0.29) is 18.1 Å². The number of benzene rings is 1. The van der Waals surface area contributed by atoms with Crippen molar-refractivity contribution in [3.05, 3.63) is 62.7 Å². The fraction of sp³-hybridized carbons (Fsp3) is 0.227. The number of aromatic hydroxyl groups is 1. The minimum atomic E-state index is -4.44. The van der Waals surface area contributed by atoms with Gasteiger partial charge >= 0.3 is 6.18 Å². The molecule has 2 N–H and O–H groups in total. The zero-order chi connectivity index (χ0) is 24.3. The topological polar surface area (TPSA) is 82.0 Å². The van der Waals surface area contributed by atoms with E-state index in [1.807, 2.05) is 0 Å². The molecule has 1 amide bonds. The molecule has 0 aliphatic heterocycles. The first-order chi connectivity index (χ1) is 15.5. The molecule has 11 heteroatoms. The number of thiophene rings is 2. The van der Waals surface area contributed by atoms with Gasteiger partial charge in [-0.1, -0.05) is 12.1 Å². The molecule has 0 saturated heterocycles. The number of halogens is 3. The quantitative estimate of drug-likeness (QED) is 0.272. The molecule has 0 unspecified atom stereocenters. The molecule has 0 aliphatic rings. The third-order valence-corrected chi connectivity index (χ3v) is 6.66. The van der Waals surface area contributed by atoms with E-state index >= 15 is 0 Å². The summed E-state index contributed by atoms with van der Waals surface area (Å²) in [5, 5.41) is 16.2. The first-order valence-corrected chi connectivity index (χ1v) is 11.3. The number of rotatable bonds is 7. The zero-order valence-electron chi connectivity index (χ0n) is 17.9. The molecule has 2 heterocycles. The zero-order valence-corrected chi connectivity index (χ0v) is 19.5. The van der Waals surface area contributed by atoms with Crippen LogP contribution >= 0.6 is 22.7 Å². The van der Waals surface area contributed by atoms with Gasteiger partial charge in [-0.15, -0.1) is 22.7 Å². The Morgan fingerprint density at radius 1 is 1.09 bits per heavy atom. The maximum atomic E-state index is 12.8. The monoisotopic (exact) mass is 495 g/mol. The number of hydrogen-bond donors (Lipinski definition) is 2. The molecule has 0 aliphatic carbocycles. The van der Waals surface area contributed by atoms with Gasteiger partial charge in [-0.3, -0.25) is 9.59 Å². The van der Waals surface area contributed by atoms with Gasteiger partial charge in [-0.2, -0.15) is 18.3 Å². The first kappa shape index (κ1) is 24.6. The van der Waals surface area contributed by atoms with Crippen LogP contribution in [-0.2, 0) is 6.18 Å². The van der Waals surface area contributed by atoms with Crippen molar-refractivity contribution in [1.82, 2.24) is 10.3 Å². The number of carbonyl (C=O) groups is 2. The summed E-state index contributed by atoms with van der Waals surface area (Å²) in [7, 11) is 3.55. The molecule has 0 bridgehead atoms. The van der Waals surface area contributed by atoms with Crippen molar-refractivity contribution < 1.29 is 27.9 Å². The Balaban J connectivity index is 1.72. The molecule has 0 radical (unpaired) electrons. The molecule has 3 rings (SSSR count). The maximum Gasteiger partial charge on any atom is 0.416 e. The number of nitrogens with one attached hydrogen (secondary N) is 1. The van der Waals surface area contributed by atoms with E-state index < -0.39 is 17.6 Å². The summed E-state index contributed by atoms with van der Waals surface area (Å²) in [5.74, 6) is -0.730. The van der Waals surface area contributed by atoms with Crippen molar-refractivity contribution in [3.8, 4) is 16.2 Å². The van der Waals surface area contributed by atoms with E-state index in [1.165, 1.54) is 12.1 Å². The van der Waals surface area contributed by atoms with E-state index in [9.17, 15) is 27.9 Å². The maximum absolute atomic E-state index is 12.8. The molecule has 1 aromatic carbocycles. The third-order valence-electron chi connectivity index (χ3n) is 4.52. The van der Waals surface area contributed by atoms with E-state index in [0.29, 0.717) is 31.5 Å². The number of hydrogen-bond acceptors (Lipinski definition) is 7. The van der Waals surface area contributed by atoms with Crippen LogP contribution in [0.2, 0.25) is 0 Å². The number of amides is 1. The molecule has 0 spiro atoms. The van der Waals surface area contributed by atoms with Crippen LogP contribution < -0.4 is 5.43 Å². The standard InChI is InChI=1S/C22H20F3N3O3S2/c1-12(26-27-21(31)18-9-8-17(33-18)16(29)10-28(2)3)15-11-32-20(19(15)30)13-4-6-14(7-5-13)22(23,24)25/h4-9,11,30H,10H2,1-3H3,(H,27,31)/b26-12+. The molecule has 2 aromatic heterocycles. The van der Waals surface area contributed by atoms with Crippen LogP contribution in [0, 0.1) is 0 Å². The molecule has 6 nitrogen and oxygen atoms in total. The molecule has 174 valence electrons. The highest BCUT2D eigenvalue weighted by Gasteiger charge is 2.30. The SMILES string of the molecule is C/C(=N\NC(=O)c1ccc(C(=O)CN(C)C)s1)c1csc(-c2ccc(C(F)(F)F)cc2)c1O. The van der Waals surface area contributed by atoms with E-state index in [4.69, 9.17) is 0 Å². The number of Topliss-reactive ketones (excluding diaryl/α,β-unsaturated/α-hetero) is 1. The van der Waals surface area contributed by atoms with Gasteiger partial charge in [-0.05, 0) is 50.8 Å². The van der Waals surface area contributed by atoms with Crippen LogP contribution in [0.1, 0.15) is 37.4 Å². The van der Waals surface area contributed by atoms with Crippen LogP contribution in [0.5, 0.6) is 5.75 Å². The van der Waals surface area contributed by atoms with Gasteiger partial charge in [0.25, 0.3) is 5.91 Å². The molecule has 0 saturated carbocycles. The van der Waals surface area contributed by atoms with Gasteiger partial charge in [0.1, 0.15) is 5.75 Å². The van der Waals surface area contributed by atoms with E-state index in [0.717, 1.165) is 34.8 Å². The summed E-state index contributed by atoms with van der Waals surface area (Å²) < 4.78 is 38.3. The van der Waals surface area contributed by atoms with Gasteiger partial charge in [0.2, 0.25) is 0 Å². The van der Waals surface area contributed by atoms with Crippen LogP contribution in [0.3, 0.4) is 0 Å². The van der Waals surface area contributed by atoms with Gasteiger partial charge in [-0.25, -0.2) is 5.43 Å². The predicted molar refractivity (Wildman–Crippen MR) is 123 cm³/mol. The lowest BCUT2D eigenvalue weighted by Crippen LogP contribution is -2.21. The minimum absolute atomic E-state index is 0.0947. The summed E-state index contributed by atoms with van der Waals surface area (Å²) >= 11 is 2.21. The number of ketones is 1. The first-order valence-electron chi connectivity index (χ1n) is 9.58. The Morgan fingerprint density at radius 2 is 1.73 bits per heavy atom. The summed E-state index contributed by atoms with van der Waals surface area (Å²) in [5.41, 5.74) is 2.72. The van der Waals surface area contributed by atoms with Crippen molar-refractivity contribution in [2.24, 2.45) is 5.10 Å². The second kappa shape index (κ2) is 9.86. The highest BCUT2D eigenvalue weighted by atomic mass is 32.1. The lowest BCUT2D eigenvalue weighted by atomic mass is 10.1. The van der Waals surface area contributed by atoms with Gasteiger partial charge in [0, 0.05) is 5.38 Å². The second-order valence-corrected chi connectivity index (χ2v) is 9.33. The third kappa shape index (κ3) is 5.86. The lowest BCUT2D eigenvalue weighted by molar-refractivity contribution is -0.137. The molecular formula is C22H20F3N3O3S2. The fourth-order valence-corrected chi connectivity index (χ4v) is 4.69. The average molecular weight is 496 g/mol. The van der Waals surface area contributed by atoms with Crippen LogP contribution in [0.4, 0.5) is 13.2 Å². The van der Waals surface area contributed by atoms with Crippen LogP contribution in [0.15, 0.2) is 46.9 Å². The molecular weight excluding hydrogens is 475 g/mol. The fourth-order valence-electron chi connectivity index (χ4n) is 2.85. The van der Waals surface area contributed by atoms with Crippen LogP contribution in [-0.4, -0.2) is 48.0 Å². The predicted octanol–water partition coefficient (Wildman–Crippen LogP) is 5.10. The summed E-state index contributed by atoms with van der Waals surface area (Å²) in [6.45, 7) is 1.82. The second-order valence-electron chi connectivity index (χ2n) is 7.37. The number of nitrogens with zero attached hydrogens (tertiary/aromatic N) is 2. The van der Waals surface area contributed by atoms with E-state index in [1.54, 1.807) is 43.4 Å². The highest BCUT2D eigenvalue weighted by molar-refractivity contribution is 7.16. The Labute approximate surface area is 196 Å². The summed E-state index contributed by atoms with van der Waals surface area (Å²) in [6, 6.07) is 7.61. The molecule has 3 aromatic rings. The number of carbonyl (C=O) groups excluding carboxylic acids is 2. The number of alkyl halides is 3. The summed E-state index contributed by atoms with van der Waals surface area (Å²) in [4.78, 5) is 27.4. The smallest absolute Gasteiger partial charge is 0.416 e. The Morgan fingerprint density at radius 3 is 2.33 bits per heavy atom. The minimum Gasteiger partial charge on any atom is -0.506 e. The lowest BCUT2D eigenvalue weighted by Gasteiger charge is -2.07. The van der Waals surface area contributed by atoms with Crippen molar-refractivity contribution in [1.29, 1.82) is 0 Å². The normalized spacial score (nSPS) is 12.3. The van der Waals surface area contributed by atoms with E-state index in [2.05, 4.69) is 10.5 Å². The number of hydrazone groups is 1. The van der Waals surface area contributed by atoms with Crippen molar-refractivity contribution in [3.63, 3.8) is 0 Å².